The van der Waals surface area contributed by atoms with Gasteiger partial charge in [-0.05, 0) is 16.8 Å². The van der Waals surface area contributed by atoms with Gasteiger partial charge < -0.3 is 9.47 Å². The number of carbonyl (C=O) groups is 1. The Morgan fingerprint density at radius 1 is 1.22 bits per heavy atom. The van der Waals surface area contributed by atoms with Crippen LogP contribution in [-0.4, -0.2) is 20.0 Å². The first-order valence-corrected chi connectivity index (χ1v) is 5.72. The minimum absolute atomic E-state index is 0.262. The Morgan fingerprint density at radius 3 is 2.83 bits per heavy atom. The molecule has 0 aliphatic carbocycles. The average Bonchev–Trinajstić information content (AvgIpc) is 2.45. The van der Waals surface area contributed by atoms with E-state index in [1.54, 1.807) is 7.11 Å². The molecule has 0 unspecified atom stereocenters. The van der Waals surface area contributed by atoms with Crippen LogP contribution >= 0.6 is 0 Å². The lowest BCUT2D eigenvalue weighted by molar-refractivity contribution is -0.105. The molecule has 0 saturated carbocycles. The van der Waals surface area contributed by atoms with Crippen LogP contribution in [0, 0.1) is 0 Å². The van der Waals surface area contributed by atoms with Crippen LogP contribution in [0.5, 0.6) is 5.75 Å². The van der Waals surface area contributed by atoms with Crippen molar-refractivity contribution in [3.63, 3.8) is 0 Å². The molecule has 3 heteroatoms. The molecule has 0 atom stereocenters. The summed E-state index contributed by atoms with van der Waals surface area (Å²) in [5.74, 6) is 1.37. The van der Waals surface area contributed by atoms with Gasteiger partial charge in [-0.3, -0.25) is 4.79 Å². The summed E-state index contributed by atoms with van der Waals surface area (Å²) in [5, 5.41) is 2.13. The number of rotatable bonds is 2. The molecule has 0 radical (unpaired) electrons. The van der Waals surface area contributed by atoms with Gasteiger partial charge in [0, 0.05) is 0 Å². The van der Waals surface area contributed by atoms with Gasteiger partial charge in [-0.25, -0.2) is 0 Å². The van der Waals surface area contributed by atoms with Crippen LogP contribution in [-0.2, 0) is 9.53 Å². The van der Waals surface area contributed by atoms with Crippen molar-refractivity contribution in [3.05, 3.63) is 47.5 Å². The molecule has 90 valence electrons. The molecule has 0 amide bonds. The van der Waals surface area contributed by atoms with Crippen LogP contribution in [0.1, 0.15) is 5.56 Å². The largest absolute Gasteiger partial charge is 0.495 e. The smallest absolute Gasteiger partial charge is 0.153 e. The van der Waals surface area contributed by atoms with Crippen molar-refractivity contribution in [1.82, 2.24) is 0 Å². The number of methoxy groups -OCH3 is 1. The third kappa shape index (κ3) is 1.48. The van der Waals surface area contributed by atoms with E-state index < -0.39 is 0 Å². The van der Waals surface area contributed by atoms with Crippen LogP contribution in [0.2, 0.25) is 0 Å². The molecule has 0 saturated heterocycles. The summed E-state index contributed by atoms with van der Waals surface area (Å²) in [5.41, 5.74) is 1.41. The van der Waals surface area contributed by atoms with Crippen LogP contribution in [0.15, 0.2) is 42.0 Å². The van der Waals surface area contributed by atoms with Crippen molar-refractivity contribution in [2.24, 2.45) is 0 Å². The maximum absolute atomic E-state index is 11.1. The van der Waals surface area contributed by atoms with E-state index >= 15 is 0 Å². The first-order valence-electron chi connectivity index (χ1n) is 5.72. The lowest BCUT2D eigenvalue weighted by atomic mass is 9.98. The molecule has 1 aliphatic heterocycles. The Hall–Kier alpha value is -2.29. The Labute approximate surface area is 105 Å². The average molecular weight is 240 g/mol. The summed E-state index contributed by atoms with van der Waals surface area (Å²) in [7, 11) is 1.58. The minimum atomic E-state index is 0.262. The Kier molecular flexibility index (Phi) is 2.52. The normalized spacial score (nSPS) is 14.1. The zero-order chi connectivity index (χ0) is 12.5. The van der Waals surface area contributed by atoms with Gasteiger partial charge >= 0.3 is 0 Å². The van der Waals surface area contributed by atoms with E-state index in [4.69, 9.17) is 9.47 Å². The summed E-state index contributed by atoms with van der Waals surface area (Å²) < 4.78 is 11.0. The third-order valence-electron chi connectivity index (χ3n) is 3.14. The summed E-state index contributed by atoms with van der Waals surface area (Å²) >= 11 is 0. The van der Waals surface area contributed by atoms with E-state index in [-0.39, 0.29) is 6.61 Å². The van der Waals surface area contributed by atoms with Crippen molar-refractivity contribution in [2.45, 2.75) is 0 Å². The predicted molar refractivity (Wildman–Crippen MR) is 69.4 cm³/mol. The quantitative estimate of drug-likeness (QED) is 0.757. The number of hydrogen-bond donors (Lipinski definition) is 0. The molecule has 2 aromatic rings. The molecule has 1 aliphatic rings. The zero-order valence-electron chi connectivity index (χ0n) is 9.97. The van der Waals surface area contributed by atoms with Crippen LogP contribution in [0.4, 0.5) is 0 Å². The Balaban J connectivity index is 2.39. The highest BCUT2D eigenvalue weighted by Crippen LogP contribution is 2.38. The molecule has 1 heterocycles. The first-order chi connectivity index (χ1) is 8.85. The third-order valence-corrected chi connectivity index (χ3v) is 3.14. The molecule has 0 aromatic heterocycles. The first kappa shape index (κ1) is 10.8. The van der Waals surface area contributed by atoms with Gasteiger partial charge in [-0.15, -0.1) is 0 Å². The highest BCUT2D eigenvalue weighted by molar-refractivity contribution is 6.00. The Morgan fingerprint density at radius 2 is 2.06 bits per heavy atom. The highest BCUT2D eigenvalue weighted by atomic mass is 16.5. The molecule has 0 spiro atoms. The molecule has 0 bridgehead atoms. The van der Waals surface area contributed by atoms with Gasteiger partial charge in [0.2, 0.25) is 0 Å². The van der Waals surface area contributed by atoms with E-state index in [9.17, 15) is 4.79 Å². The van der Waals surface area contributed by atoms with Crippen LogP contribution in [0.25, 0.3) is 16.5 Å². The van der Waals surface area contributed by atoms with Crippen molar-refractivity contribution < 1.29 is 14.3 Å². The SMILES string of the molecule is COC1=C(C=O)COc2ccc3ccccc3c21. The molecule has 0 N–H and O–H groups in total. The highest BCUT2D eigenvalue weighted by Gasteiger charge is 2.22. The van der Waals surface area contributed by atoms with Gasteiger partial charge in [0.25, 0.3) is 0 Å². The number of fused-ring (bicyclic) bond motifs is 3. The fourth-order valence-corrected chi connectivity index (χ4v) is 2.31. The van der Waals surface area contributed by atoms with Gasteiger partial charge in [0.05, 0.1) is 18.2 Å². The molecular weight excluding hydrogens is 228 g/mol. The predicted octanol–water partition coefficient (Wildman–Crippen LogP) is 2.79. The molecule has 18 heavy (non-hydrogen) atoms. The lowest BCUT2D eigenvalue weighted by Crippen LogP contribution is -2.13. The van der Waals surface area contributed by atoms with Crippen molar-refractivity contribution in [2.75, 3.05) is 13.7 Å². The maximum atomic E-state index is 11.1. The number of benzene rings is 2. The standard InChI is InChI=1S/C15H12O3/c1-17-15-11(8-16)9-18-13-7-6-10-4-2-3-5-12(10)14(13)15/h2-8H,9H2,1H3. The molecule has 2 aromatic carbocycles. The van der Waals surface area contributed by atoms with E-state index in [1.807, 2.05) is 36.4 Å². The second-order valence-corrected chi connectivity index (χ2v) is 4.12. The van der Waals surface area contributed by atoms with Crippen molar-refractivity contribution in [3.8, 4) is 5.75 Å². The zero-order valence-corrected chi connectivity index (χ0v) is 9.97. The maximum Gasteiger partial charge on any atom is 0.153 e. The Bertz CT molecular complexity index is 656. The molecular formula is C15H12O3. The number of hydrogen-bond acceptors (Lipinski definition) is 3. The summed E-state index contributed by atoms with van der Waals surface area (Å²) in [4.78, 5) is 11.1. The van der Waals surface area contributed by atoms with Gasteiger partial charge in [0.15, 0.2) is 6.29 Å². The van der Waals surface area contributed by atoms with Crippen molar-refractivity contribution >= 4 is 22.8 Å². The van der Waals surface area contributed by atoms with E-state index in [0.29, 0.717) is 11.3 Å². The minimum Gasteiger partial charge on any atom is -0.495 e. The lowest BCUT2D eigenvalue weighted by Gasteiger charge is -2.22. The fourth-order valence-electron chi connectivity index (χ4n) is 2.31. The van der Waals surface area contributed by atoms with Crippen molar-refractivity contribution in [1.29, 1.82) is 0 Å². The fraction of sp³-hybridized carbons (Fsp3) is 0.133. The van der Waals surface area contributed by atoms with Gasteiger partial charge in [0.1, 0.15) is 18.1 Å². The number of aldehydes is 1. The van der Waals surface area contributed by atoms with E-state index in [0.717, 1.165) is 28.4 Å². The summed E-state index contributed by atoms with van der Waals surface area (Å²) in [6, 6.07) is 11.9. The number of carbonyl (C=O) groups excluding carboxylic acids is 1. The molecule has 3 nitrogen and oxygen atoms in total. The second kappa shape index (κ2) is 4.18. The second-order valence-electron chi connectivity index (χ2n) is 4.12. The number of ether oxygens (including phenoxy) is 2. The van der Waals surface area contributed by atoms with Crippen LogP contribution < -0.4 is 4.74 Å². The molecule has 3 rings (SSSR count). The van der Waals surface area contributed by atoms with Gasteiger partial charge in [-0.1, -0.05) is 30.3 Å². The van der Waals surface area contributed by atoms with Gasteiger partial charge in [-0.2, -0.15) is 0 Å². The summed E-state index contributed by atoms with van der Waals surface area (Å²) in [6.45, 7) is 0.262. The summed E-state index contributed by atoms with van der Waals surface area (Å²) in [6.07, 6.45) is 0.795. The van der Waals surface area contributed by atoms with E-state index in [1.165, 1.54) is 0 Å². The van der Waals surface area contributed by atoms with E-state index in [2.05, 4.69) is 0 Å². The van der Waals surface area contributed by atoms with Crippen LogP contribution in [0.3, 0.4) is 0 Å². The molecule has 0 fully saturated rings. The topological polar surface area (TPSA) is 35.5 Å². The monoisotopic (exact) mass is 240 g/mol.